The summed E-state index contributed by atoms with van der Waals surface area (Å²) in [5.41, 5.74) is 0.917. The van der Waals surface area contributed by atoms with Gasteiger partial charge in [0.2, 0.25) is 5.91 Å². The minimum Gasteiger partial charge on any atom is -0.481 e. The Bertz CT molecular complexity index is 551. The Morgan fingerprint density at radius 2 is 1.73 bits per heavy atom. The van der Waals surface area contributed by atoms with Gasteiger partial charge in [0.05, 0.1) is 17.9 Å². The second-order valence-corrected chi connectivity index (χ2v) is 6.31. The number of benzene rings is 1. The van der Waals surface area contributed by atoms with Crippen molar-refractivity contribution in [2.24, 2.45) is 17.8 Å². The molecule has 0 bridgehead atoms. The average molecular weight is 303 g/mol. The zero-order valence-corrected chi connectivity index (χ0v) is 12.4. The number of amides is 1. The number of carboxylic acids is 1. The average Bonchev–Trinajstić information content (AvgIpc) is 3.35. The van der Waals surface area contributed by atoms with Crippen molar-refractivity contribution in [1.82, 2.24) is 4.90 Å². The van der Waals surface area contributed by atoms with Crippen LogP contribution in [0.15, 0.2) is 30.3 Å². The highest BCUT2D eigenvalue weighted by Crippen LogP contribution is 2.41. The SMILES string of the molecule is O=C(O)C1CC1C(=O)N1CCC(C(O)c2ccccc2)CC1. The molecule has 2 fully saturated rings. The minimum atomic E-state index is -0.868. The quantitative estimate of drug-likeness (QED) is 0.887. The Labute approximate surface area is 129 Å². The number of likely N-dealkylation sites (tertiary alicyclic amines) is 1. The molecular formula is C17H21NO4. The highest BCUT2D eigenvalue weighted by Gasteiger charge is 2.50. The summed E-state index contributed by atoms with van der Waals surface area (Å²) in [7, 11) is 0. The highest BCUT2D eigenvalue weighted by atomic mass is 16.4. The molecule has 1 heterocycles. The molecule has 0 aromatic heterocycles. The van der Waals surface area contributed by atoms with Gasteiger partial charge in [-0.25, -0.2) is 0 Å². The van der Waals surface area contributed by atoms with Crippen LogP contribution in [0.3, 0.4) is 0 Å². The topological polar surface area (TPSA) is 77.8 Å². The van der Waals surface area contributed by atoms with Gasteiger partial charge in [-0.05, 0) is 30.7 Å². The molecule has 3 atom stereocenters. The van der Waals surface area contributed by atoms with Crippen LogP contribution in [0.25, 0.3) is 0 Å². The smallest absolute Gasteiger partial charge is 0.307 e. The molecule has 3 unspecified atom stereocenters. The summed E-state index contributed by atoms with van der Waals surface area (Å²) in [4.78, 5) is 24.8. The standard InChI is InChI=1S/C17H21NO4/c19-15(11-4-2-1-3-5-11)12-6-8-18(9-7-12)16(20)13-10-14(13)17(21)22/h1-5,12-15,19H,6-10H2,(H,21,22). The molecule has 5 heteroatoms. The van der Waals surface area contributed by atoms with Crippen LogP contribution in [-0.4, -0.2) is 40.1 Å². The van der Waals surface area contributed by atoms with Crippen LogP contribution < -0.4 is 0 Å². The molecule has 1 aliphatic heterocycles. The van der Waals surface area contributed by atoms with Gasteiger partial charge < -0.3 is 15.1 Å². The number of rotatable bonds is 4. The Morgan fingerprint density at radius 1 is 1.09 bits per heavy atom. The molecule has 1 aromatic carbocycles. The molecule has 2 aliphatic rings. The Balaban J connectivity index is 1.52. The van der Waals surface area contributed by atoms with Crippen molar-refractivity contribution >= 4 is 11.9 Å². The van der Waals surface area contributed by atoms with E-state index in [9.17, 15) is 14.7 Å². The number of piperidine rings is 1. The lowest BCUT2D eigenvalue weighted by Crippen LogP contribution is -2.41. The number of aliphatic hydroxyl groups excluding tert-OH is 1. The van der Waals surface area contributed by atoms with Crippen LogP contribution in [0.2, 0.25) is 0 Å². The third-order valence-corrected chi connectivity index (χ3v) is 4.86. The van der Waals surface area contributed by atoms with Gasteiger partial charge in [0, 0.05) is 13.1 Å². The fourth-order valence-electron chi connectivity index (χ4n) is 3.33. The first kappa shape index (κ1) is 15.0. The fraction of sp³-hybridized carbons (Fsp3) is 0.529. The number of carboxylic acid groups (broad SMARTS) is 1. The van der Waals surface area contributed by atoms with E-state index in [1.165, 1.54) is 0 Å². The maximum absolute atomic E-state index is 12.2. The largest absolute Gasteiger partial charge is 0.481 e. The summed E-state index contributed by atoms with van der Waals surface area (Å²) in [6, 6.07) is 9.59. The van der Waals surface area contributed by atoms with E-state index in [1.807, 2.05) is 30.3 Å². The summed E-state index contributed by atoms with van der Waals surface area (Å²) in [5, 5.41) is 19.3. The summed E-state index contributed by atoms with van der Waals surface area (Å²) in [6.45, 7) is 1.21. The van der Waals surface area contributed by atoms with Crippen molar-refractivity contribution < 1.29 is 19.8 Å². The number of aliphatic hydroxyl groups is 1. The lowest BCUT2D eigenvalue weighted by atomic mass is 9.87. The van der Waals surface area contributed by atoms with Gasteiger partial charge in [0.25, 0.3) is 0 Å². The fourth-order valence-corrected chi connectivity index (χ4v) is 3.33. The van der Waals surface area contributed by atoms with Gasteiger partial charge in [-0.1, -0.05) is 30.3 Å². The van der Waals surface area contributed by atoms with Crippen LogP contribution in [0, 0.1) is 17.8 Å². The van der Waals surface area contributed by atoms with Crippen LogP contribution in [-0.2, 0) is 9.59 Å². The van der Waals surface area contributed by atoms with E-state index in [-0.39, 0.29) is 17.7 Å². The second kappa shape index (κ2) is 6.08. The first-order chi connectivity index (χ1) is 10.6. The van der Waals surface area contributed by atoms with Gasteiger partial charge in [-0.15, -0.1) is 0 Å². The molecule has 1 saturated heterocycles. The predicted molar refractivity (Wildman–Crippen MR) is 79.9 cm³/mol. The summed E-state index contributed by atoms with van der Waals surface area (Å²) < 4.78 is 0. The summed E-state index contributed by atoms with van der Waals surface area (Å²) >= 11 is 0. The number of carbonyl (C=O) groups is 2. The van der Waals surface area contributed by atoms with Crippen molar-refractivity contribution in [3.8, 4) is 0 Å². The zero-order chi connectivity index (χ0) is 15.7. The summed E-state index contributed by atoms with van der Waals surface area (Å²) in [5.74, 6) is -1.55. The van der Waals surface area contributed by atoms with E-state index in [2.05, 4.69) is 0 Å². The lowest BCUT2D eigenvalue weighted by molar-refractivity contribution is -0.142. The number of hydrogen-bond acceptors (Lipinski definition) is 3. The molecule has 3 rings (SSSR count). The predicted octanol–water partition coefficient (Wildman–Crippen LogP) is 1.68. The molecule has 1 aliphatic carbocycles. The molecule has 0 radical (unpaired) electrons. The molecule has 1 saturated carbocycles. The number of aliphatic carboxylic acids is 1. The maximum atomic E-state index is 12.2. The van der Waals surface area contributed by atoms with Crippen molar-refractivity contribution in [3.63, 3.8) is 0 Å². The van der Waals surface area contributed by atoms with E-state index in [0.717, 1.165) is 18.4 Å². The van der Waals surface area contributed by atoms with Crippen LogP contribution in [0.4, 0.5) is 0 Å². The maximum Gasteiger partial charge on any atom is 0.307 e. The molecule has 2 N–H and O–H groups in total. The van der Waals surface area contributed by atoms with E-state index in [4.69, 9.17) is 5.11 Å². The normalized spacial score (nSPS) is 26.5. The van der Waals surface area contributed by atoms with Crippen molar-refractivity contribution in [2.45, 2.75) is 25.4 Å². The first-order valence-electron chi connectivity index (χ1n) is 7.82. The van der Waals surface area contributed by atoms with Gasteiger partial charge in [0.15, 0.2) is 0 Å². The molecule has 0 spiro atoms. The molecular weight excluding hydrogens is 282 g/mol. The number of carbonyl (C=O) groups excluding carboxylic acids is 1. The van der Waals surface area contributed by atoms with Gasteiger partial charge >= 0.3 is 5.97 Å². The van der Waals surface area contributed by atoms with E-state index >= 15 is 0 Å². The minimum absolute atomic E-state index is 0.0277. The van der Waals surface area contributed by atoms with Gasteiger partial charge in [-0.2, -0.15) is 0 Å². The van der Waals surface area contributed by atoms with Crippen molar-refractivity contribution in [3.05, 3.63) is 35.9 Å². The van der Waals surface area contributed by atoms with E-state index in [1.54, 1.807) is 4.90 Å². The molecule has 1 aromatic rings. The van der Waals surface area contributed by atoms with Crippen LogP contribution in [0.1, 0.15) is 30.9 Å². The molecule has 5 nitrogen and oxygen atoms in total. The number of hydrogen-bond donors (Lipinski definition) is 2. The van der Waals surface area contributed by atoms with Crippen molar-refractivity contribution in [2.75, 3.05) is 13.1 Å². The second-order valence-electron chi connectivity index (χ2n) is 6.31. The molecule has 1 amide bonds. The Kier molecular flexibility index (Phi) is 4.16. The van der Waals surface area contributed by atoms with E-state index in [0.29, 0.717) is 19.5 Å². The van der Waals surface area contributed by atoms with Crippen LogP contribution in [0.5, 0.6) is 0 Å². The van der Waals surface area contributed by atoms with E-state index < -0.39 is 18.0 Å². The highest BCUT2D eigenvalue weighted by molar-refractivity contribution is 5.89. The van der Waals surface area contributed by atoms with Gasteiger partial charge in [0.1, 0.15) is 0 Å². The Morgan fingerprint density at radius 3 is 2.27 bits per heavy atom. The lowest BCUT2D eigenvalue weighted by Gasteiger charge is -2.34. The monoisotopic (exact) mass is 303 g/mol. The third kappa shape index (κ3) is 2.99. The Hall–Kier alpha value is -1.88. The van der Waals surface area contributed by atoms with Crippen LogP contribution >= 0.6 is 0 Å². The van der Waals surface area contributed by atoms with Gasteiger partial charge in [-0.3, -0.25) is 9.59 Å². The van der Waals surface area contributed by atoms with Crippen molar-refractivity contribution in [1.29, 1.82) is 0 Å². The number of nitrogens with zero attached hydrogens (tertiary/aromatic N) is 1. The molecule has 118 valence electrons. The first-order valence-corrected chi connectivity index (χ1v) is 7.82. The summed E-state index contributed by atoms with van der Waals surface area (Å²) in [6.07, 6.45) is 1.49. The zero-order valence-electron chi connectivity index (χ0n) is 12.4. The molecule has 22 heavy (non-hydrogen) atoms. The third-order valence-electron chi connectivity index (χ3n) is 4.86.